The highest BCUT2D eigenvalue weighted by atomic mass is 79.9. The highest BCUT2D eigenvalue weighted by Crippen LogP contribution is 2.36. The van der Waals surface area contributed by atoms with Crippen LogP contribution in [0.4, 0.5) is 11.4 Å². The van der Waals surface area contributed by atoms with Crippen LogP contribution in [0, 0.1) is 0 Å². The van der Waals surface area contributed by atoms with Gasteiger partial charge in [0.2, 0.25) is 0 Å². The zero-order valence-electron chi connectivity index (χ0n) is 9.88. The number of halogens is 4. The molecule has 2 aromatic carbocycles. The van der Waals surface area contributed by atoms with E-state index in [4.69, 9.17) is 40.5 Å². The van der Waals surface area contributed by atoms with Crippen molar-refractivity contribution in [2.45, 2.75) is 0 Å². The van der Waals surface area contributed by atoms with Crippen molar-refractivity contribution in [3.63, 3.8) is 0 Å². The Morgan fingerprint density at radius 3 is 2.50 bits per heavy atom. The van der Waals surface area contributed by atoms with Crippen molar-refractivity contribution >= 4 is 68.0 Å². The molecule has 3 N–H and O–H groups in total. The van der Waals surface area contributed by atoms with Gasteiger partial charge in [-0.05, 0) is 40.2 Å². The number of nitrogens with one attached hydrogen (secondary N) is 1. The molecule has 104 valence electrons. The monoisotopic (exact) mass is 392 g/mol. The van der Waals surface area contributed by atoms with E-state index in [9.17, 15) is 4.79 Å². The van der Waals surface area contributed by atoms with Gasteiger partial charge in [0, 0.05) is 4.47 Å². The highest BCUT2D eigenvalue weighted by molar-refractivity contribution is 9.10. The third kappa shape index (κ3) is 3.04. The average Bonchev–Trinajstić information content (AvgIpc) is 2.42. The molecular formula is C13H8BrCl3N2O. The molecule has 2 aromatic rings. The first kappa shape index (κ1) is 15.4. The average molecular weight is 394 g/mol. The van der Waals surface area contributed by atoms with Crippen LogP contribution in [-0.2, 0) is 0 Å². The lowest BCUT2D eigenvalue weighted by Gasteiger charge is -2.11. The molecule has 0 atom stereocenters. The summed E-state index contributed by atoms with van der Waals surface area (Å²) in [6.45, 7) is 0. The maximum Gasteiger partial charge on any atom is 0.257 e. The number of nitrogens with two attached hydrogens (primary N) is 1. The Hall–Kier alpha value is -0.940. The fourth-order valence-electron chi connectivity index (χ4n) is 1.55. The molecular weight excluding hydrogens is 386 g/mol. The molecule has 20 heavy (non-hydrogen) atoms. The summed E-state index contributed by atoms with van der Waals surface area (Å²) in [7, 11) is 0. The lowest BCUT2D eigenvalue weighted by Crippen LogP contribution is -2.14. The molecule has 0 radical (unpaired) electrons. The minimum atomic E-state index is -0.412. The Kier molecular flexibility index (Phi) is 4.81. The van der Waals surface area contributed by atoms with Gasteiger partial charge in [0.25, 0.3) is 5.91 Å². The van der Waals surface area contributed by atoms with Crippen LogP contribution in [0.25, 0.3) is 0 Å². The molecule has 0 spiro atoms. The standard InChI is InChI=1S/C13H8BrCl3N2O/c14-7-4-5-9(11(17)10(7)16)19-13(20)6-2-1-3-8(15)12(6)18/h1-5H,18H2,(H,19,20). The second kappa shape index (κ2) is 6.22. The van der Waals surface area contributed by atoms with Gasteiger partial charge in [-0.1, -0.05) is 40.9 Å². The Labute approximate surface area is 139 Å². The SMILES string of the molecule is Nc1c(Cl)cccc1C(=O)Nc1ccc(Br)c(Cl)c1Cl. The van der Waals surface area contributed by atoms with Crippen molar-refractivity contribution < 1.29 is 4.79 Å². The van der Waals surface area contributed by atoms with E-state index in [0.717, 1.165) is 0 Å². The molecule has 0 heterocycles. The molecule has 0 aromatic heterocycles. The Morgan fingerprint density at radius 2 is 1.80 bits per heavy atom. The summed E-state index contributed by atoms with van der Waals surface area (Å²) in [5.74, 6) is -0.412. The third-order valence-electron chi connectivity index (χ3n) is 2.58. The van der Waals surface area contributed by atoms with Crippen LogP contribution in [0.15, 0.2) is 34.8 Å². The van der Waals surface area contributed by atoms with Gasteiger partial charge in [-0.2, -0.15) is 0 Å². The van der Waals surface area contributed by atoms with E-state index in [2.05, 4.69) is 21.2 Å². The molecule has 0 aliphatic carbocycles. The number of carbonyl (C=O) groups excluding carboxylic acids is 1. The number of para-hydroxylation sites is 1. The minimum absolute atomic E-state index is 0.214. The van der Waals surface area contributed by atoms with Crippen molar-refractivity contribution in [2.24, 2.45) is 0 Å². The van der Waals surface area contributed by atoms with Crippen LogP contribution in [-0.4, -0.2) is 5.91 Å². The van der Waals surface area contributed by atoms with Crippen molar-refractivity contribution in [1.29, 1.82) is 0 Å². The fourth-order valence-corrected chi connectivity index (χ4v) is 2.54. The van der Waals surface area contributed by atoms with Crippen LogP contribution < -0.4 is 11.1 Å². The summed E-state index contributed by atoms with van der Waals surface area (Å²) in [6.07, 6.45) is 0. The first-order chi connectivity index (χ1) is 9.41. The fraction of sp³-hybridized carbons (Fsp3) is 0. The van der Waals surface area contributed by atoms with Gasteiger partial charge in [0.1, 0.15) is 0 Å². The van der Waals surface area contributed by atoms with Gasteiger partial charge in [-0.25, -0.2) is 0 Å². The van der Waals surface area contributed by atoms with Crippen molar-refractivity contribution in [2.75, 3.05) is 11.1 Å². The smallest absolute Gasteiger partial charge is 0.257 e. The van der Waals surface area contributed by atoms with Crippen molar-refractivity contribution in [3.05, 3.63) is 55.4 Å². The van der Waals surface area contributed by atoms with Crippen LogP contribution in [0.3, 0.4) is 0 Å². The molecule has 1 amide bonds. The maximum atomic E-state index is 12.2. The summed E-state index contributed by atoms with van der Waals surface area (Å²) < 4.78 is 0.643. The predicted molar refractivity (Wildman–Crippen MR) is 88.0 cm³/mol. The summed E-state index contributed by atoms with van der Waals surface area (Å²) in [6, 6.07) is 8.15. The molecule has 0 fully saturated rings. The van der Waals surface area contributed by atoms with E-state index >= 15 is 0 Å². The van der Waals surface area contributed by atoms with Crippen molar-refractivity contribution in [3.8, 4) is 0 Å². The molecule has 0 aliphatic rings. The number of carbonyl (C=O) groups is 1. The Balaban J connectivity index is 2.33. The first-order valence-electron chi connectivity index (χ1n) is 5.40. The van der Waals surface area contributed by atoms with Crippen LogP contribution in [0.5, 0.6) is 0 Å². The molecule has 0 saturated carbocycles. The Bertz CT molecular complexity index is 692. The van der Waals surface area contributed by atoms with E-state index in [1.54, 1.807) is 30.3 Å². The second-order valence-corrected chi connectivity index (χ2v) is 5.90. The number of hydrogen-bond acceptors (Lipinski definition) is 2. The second-order valence-electron chi connectivity index (χ2n) is 3.88. The Morgan fingerprint density at radius 1 is 1.10 bits per heavy atom. The first-order valence-corrected chi connectivity index (χ1v) is 7.33. The van der Waals surface area contributed by atoms with Crippen LogP contribution >= 0.6 is 50.7 Å². The van der Waals surface area contributed by atoms with Gasteiger partial charge < -0.3 is 11.1 Å². The lowest BCUT2D eigenvalue weighted by atomic mass is 10.1. The largest absolute Gasteiger partial charge is 0.397 e. The molecule has 0 aliphatic heterocycles. The number of amides is 1. The van der Waals surface area contributed by atoms with Gasteiger partial charge in [-0.15, -0.1) is 0 Å². The van der Waals surface area contributed by atoms with E-state index in [1.807, 2.05) is 0 Å². The maximum absolute atomic E-state index is 12.2. The van der Waals surface area contributed by atoms with Crippen molar-refractivity contribution in [1.82, 2.24) is 0 Å². The number of hydrogen-bond donors (Lipinski definition) is 2. The molecule has 0 bridgehead atoms. The van der Waals surface area contributed by atoms with Gasteiger partial charge in [-0.3, -0.25) is 4.79 Å². The number of rotatable bonds is 2. The lowest BCUT2D eigenvalue weighted by molar-refractivity contribution is 0.102. The summed E-state index contributed by atoms with van der Waals surface area (Å²) >= 11 is 21.2. The predicted octanol–water partition coefficient (Wildman–Crippen LogP) is 5.24. The zero-order valence-corrected chi connectivity index (χ0v) is 13.7. The number of benzene rings is 2. The third-order valence-corrected chi connectivity index (χ3v) is 4.68. The molecule has 0 saturated heterocycles. The summed E-state index contributed by atoms with van der Waals surface area (Å²) in [4.78, 5) is 12.2. The van der Waals surface area contributed by atoms with Crippen LogP contribution in [0.1, 0.15) is 10.4 Å². The zero-order chi connectivity index (χ0) is 14.9. The number of anilines is 2. The quantitative estimate of drug-likeness (QED) is 0.540. The molecule has 2 rings (SSSR count). The van der Waals surface area contributed by atoms with E-state index in [1.165, 1.54) is 0 Å². The van der Waals surface area contributed by atoms with E-state index < -0.39 is 5.91 Å². The van der Waals surface area contributed by atoms with Gasteiger partial charge in [0.05, 0.1) is 32.0 Å². The topological polar surface area (TPSA) is 55.1 Å². The van der Waals surface area contributed by atoms with Crippen LogP contribution in [0.2, 0.25) is 15.1 Å². The summed E-state index contributed by atoms with van der Waals surface area (Å²) in [5, 5.41) is 3.53. The molecule has 7 heteroatoms. The summed E-state index contributed by atoms with van der Waals surface area (Å²) in [5.41, 5.74) is 6.65. The number of nitrogen functional groups attached to an aromatic ring is 1. The van der Waals surface area contributed by atoms with Gasteiger partial charge in [0.15, 0.2) is 0 Å². The van der Waals surface area contributed by atoms with E-state index in [0.29, 0.717) is 20.2 Å². The van der Waals surface area contributed by atoms with E-state index in [-0.39, 0.29) is 16.3 Å². The van der Waals surface area contributed by atoms with Gasteiger partial charge >= 0.3 is 0 Å². The minimum Gasteiger partial charge on any atom is -0.397 e. The highest BCUT2D eigenvalue weighted by Gasteiger charge is 2.15. The molecule has 3 nitrogen and oxygen atoms in total. The molecule has 0 unspecified atom stereocenters. The normalized spacial score (nSPS) is 10.4.